The van der Waals surface area contributed by atoms with E-state index in [1.807, 2.05) is 108 Å². The largest absolute Gasteiger partial charge is 0.341 e. The number of likely N-dealkylation sites (tertiary alicyclic amines) is 4. The molecule has 0 aromatic heterocycles. The highest BCUT2D eigenvalue weighted by molar-refractivity contribution is 14.1. The quantitative estimate of drug-likeness (QED) is 0.0795. The molecule has 0 bridgehead atoms. The molecule has 4 fully saturated rings. The average molecular weight is 1460 g/mol. The summed E-state index contributed by atoms with van der Waals surface area (Å²) in [5, 5.41) is 10.7. The van der Waals surface area contributed by atoms with Crippen molar-refractivity contribution in [3.05, 3.63) is 144 Å². The molecule has 0 atom stereocenters. The molecule has 4 aromatic carbocycles. The Balaban J connectivity index is -0.000000198. The Bertz CT molecular complexity index is 2330. The number of carbonyl (C=O) groups excluding carboxylic acids is 4. The number of piperidine rings is 4. The number of nitrogens with zero attached hydrogens (tertiary/aromatic N) is 4. The smallest absolute Gasteiger partial charge is 0.317 e. The first-order valence-electron chi connectivity index (χ1n) is 35.2. The van der Waals surface area contributed by atoms with Crippen LogP contribution >= 0.6 is 22.6 Å². The minimum atomic E-state index is 0.0585. The Hall–Kier alpha value is -7.95. The third-order valence-corrected chi connectivity index (χ3v) is 14.4. The number of urea groups is 4. The van der Waals surface area contributed by atoms with Crippen LogP contribution in [0.25, 0.3) is 0 Å². The summed E-state index contributed by atoms with van der Waals surface area (Å²) in [6, 6.07) is 42.7. The van der Waals surface area contributed by atoms with Crippen LogP contribution in [0.15, 0.2) is 121 Å². The molecule has 0 unspecified atom stereocenters. The van der Waals surface area contributed by atoms with E-state index < -0.39 is 0 Å². The summed E-state index contributed by atoms with van der Waals surface area (Å²) in [4.78, 5) is 55.4. The summed E-state index contributed by atoms with van der Waals surface area (Å²) in [5.74, 6) is 22.6. The van der Waals surface area contributed by atoms with Gasteiger partial charge in [-0.15, -0.1) is 73.1 Å². The number of carbonyl (C=O) groups is 4. The van der Waals surface area contributed by atoms with Crippen molar-refractivity contribution in [2.24, 2.45) is 23.7 Å². The Kier molecular flexibility index (Phi) is 86.1. The molecule has 98 heavy (non-hydrogen) atoms. The molecule has 0 spiro atoms. The van der Waals surface area contributed by atoms with Gasteiger partial charge in [-0.25, -0.2) is 19.2 Å². The Morgan fingerprint density at radius 3 is 0.541 bits per heavy atom. The summed E-state index contributed by atoms with van der Waals surface area (Å²) >= 11 is 2.15. The fraction of sp³-hybridized carbons (Fsp3) is 0.529. The van der Waals surface area contributed by atoms with Crippen LogP contribution < -0.4 is 21.3 Å². The van der Waals surface area contributed by atoms with Crippen LogP contribution in [0.5, 0.6) is 0 Å². The van der Waals surface area contributed by atoms with Gasteiger partial charge in [-0.2, -0.15) is 0 Å². The van der Waals surface area contributed by atoms with E-state index in [-0.39, 0.29) is 24.1 Å². The van der Waals surface area contributed by atoms with E-state index in [0.29, 0.717) is 0 Å². The minimum absolute atomic E-state index is 0.0585. The summed E-state index contributed by atoms with van der Waals surface area (Å²) in [5.41, 5.74) is 5.63. The van der Waals surface area contributed by atoms with E-state index in [1.54, 1.807) is 55.9 Å². The van der Waals surface area contributed by atoms with Crippen molar-refractivity contribution in [2.45, 2.75) is 188 Å². The van der Waals surface area contributed by atoms with Crippen molar-refractivity contribution >= 4 is 46.7 Å². The van der Waals surface area contributed by atoms with Gasteiger partial charge in [0.15, 0.2) is 0 Å². The summed E-state index contributed by atoms with van der Waals surface area (Å²) in [7, 11) is 6.77. The SMILES string of the molecule is C#CC.C#CC.C#CC.C#CC.CC.CC.CC.CC.CC#CC.CC#CC.CI.CNC(=O)N1CCC(Cc2ccccc2)CC1.CNC(=O)N1CCC(Cc2ccccc2)CC1.CNC(=O)N1CCC(Cc2ccccc2)CC1.CNC(=O)N1CCC(Cc2ccccc2)CC1. The zero-order valence-corrected chi connectivity index (χ0v) is 67.3. The third kappa shape index (κ3) is 59.3. The van der Waals surface area contributed by atoms with Crippen LogP contribution in [0.2, 0.25) is 0 Å². The lowest BCUT2D eigenvalue weighted by molar-refractivity contribution is 0.172. The third-order valence-electron chi connectivity index (χ3n) is 14.4. The molecule has 0 radical (unpaired) electrons. The van der Waals surface area contributed by atoms with Gasteiger partial charge in [0.1, 0.15) is 0 Å². The number of hydrogen-bond donors (Lipinski definition) is 4. The molecule has 546 valence electrons. The number of terminal acetylenes is 4. The Morgan fingerprint density at radius 1 is 0.316 bits per heavy atom. The first kappa shape index (κ1) is 104. The van der Waals surface area contributed by atoms with Crippen molar-refractivity contribution in [3.63, 3.8) is 0 Å². The normalized spacial score (nSPS) is 12.6. The molecule has 13 heteroatoms. The van der Waals surface area contributed by atoms with Crippen LogP contribution in [0.1, 0.15) is 184 Å². The average Bonchev–Trinajstić information content (AvgIpc) is 0.982. The van der Waals surface area contributed by atoms with Gasteiger partial charge in [0.2, 0.25) is 0 Å². The molecule has 0 saturated carbocycles. The molecule has 0 aliphatic carbocycles. The van der Waals surface area contributed by atoms with E-state index in [0.717, 1.165) is 153 Å². The lowest BCUT2D eigenvalue weighted by atomic mass is 9.90. The minimum Gasteiger partial charge on any atom is -0.341 e. The lowest BCUT2D eigenvalue weighted by Gasteiger charge is -2.31. The van der Waals surface area contributed by atoms with Crippen molar-refractivity contribution in [3.8, 4) is 73.1 Å². The second-order valence-corrected chi connectivity index (χ2v) is 20.9. The van der Waals surface area contributed by atoms with E-state index in [2.05, 4.69) is 238 Å². The van der Waals surface area contributed by atoms with Gasteiger partial charge in [0.25, 0.3) is 0 Å². The summed E-state index contributed by atoms with van der Waals surface area (Å²) in [6.45, 7) is 37.0. The van der Waals surface area contributed by atoms with Gasteiger partial charge >= 0.3 is 24.1 Å². The number of halogens is 1. The topological polar surface area (TPSA) is 129 Å². The standard InChI is InChI=1S/4C14H20N2O.2C4H6.4C3H4.4C2H6.CH3I/c4*1-15-14(17)16-9-7-13(8-10-16)11-12-5-3-2-4-6-12;2*1-3-4-2;4*1-3-2;5*1-2/h4*2-6,13H,7-11H2,1H3,(H,15,17);2*1-2H3;4*1H,2H3;4*1-2H3;1H3. The first-order valence-corrected chi connectivity index (χ1v) is 37.4. The molecule has 8 amide bonds. The van der Waals surface area contributed by atoms with Gasteiger partial charge in [0, 0.05) is 80.5 Å². The van der Waals surface area contributed by atoms with Gasteiger partial charge < -0.3 is 40.9 Å². The van der Waals surface area contributed by atoms with Crippen LogP contribution in [0.3, 0.4) is 0 Å². The number of hydrogen-bond acceptors (Lipinski definition) is 4. The highest BCUT2D eigenvalue weighted by Gasteiger charge is 2.25. The molecule has 4 aromatic rings. The predicted molar refractivity (Wildman–Crippen MR) is 437 cm³/mol. The second-order valence-electron chi connectivity index (χ2n) is 20.9. The van der Waals surface area contributed by atoms with Crippen molar-refractivity contribution < 1.29 is 19.2 Å². The molecule has 4 heterocycles. The van der Waals surface area contributed by atoms with Crippen LogP contribution in [0.4, 0.5) is 19.2 Å². The van der Waals surface area contributed by atoms with Crippen molar-refractivity contribution in [2.75, 3.05) is 85.5 Å². The van der Waals surface area contributed by atoms with Crippen LogP contribution in [-0.4, -0.2) is 129 Å². The van der Waals surface area contributed by atoms with E-state index >= 15 is 0 Å². The maximum absolute atomic E-state index is 11.4. The number of nitrogens with one attached hydrogen (secondary N) is 4. The molecule has 4 aliphatic rings. The monoisotopic (exact) mass is 1460 g/mol. The number of amides is 8. The maximum atomic E-state index is 11.4. The van der Waals surface area contributed by atoms with Crippen molar-refractivity contribution in [1.29, 1.82) is 0 Å². The van der Waals surface area contributed by atoms with Crippen LogP contribution in [0, 0.1) is 96.7 Å². The number of rotatable bonds is 8. The zero-order chi connectivity index (χ0) is 76.0. The lowest BCUT2D eigenvalue weighted by Crippen LogP contribution is -2.43. The van der Waals surface area contributed by atoms with Gasteiger partial charge in [-0.3, -0.25) is 0 Å². The summed E-state index contributed by atoms with van der Waals surface area (Å²) in [6.07, 6.45) is 31.9. The van der Waals surface area contributed by atoms with E-state index in [1.165, 1.54) is 22.3 Å². The van der Waals surface area contributed by atoms with Crippen LogP contribution in [-0.2, 0) is 25.7 Å². The number of alkyl halides is 1. The fourth-order valence-corrected chi connectivity index (χ4v) is 9.78. The van der Waals surface area contributed by atoms with Gasteiger partial charge in [-0.05, 0) is 183 Å². The molecule has 4 aliphatic heterocycles. The second kappa shape index (κ2) is 81.5. The number of benzene rings is 4. The molecule has 4 saturated heterocycles. The highest BCUT2D eigenvalue weighted by atomic mass is 127. The predicted octanol–water partition coefficient (Wildman–Crippen LogP) is 18.9. The fourth-order valence-electron chi connectivity index (χ4n) is 9.78. The maximum Gasteiger partial charge on any atom is 0.317 e. The molecular formula is C85H135IN8O4. The Labute approximate surface area is 616 Å². The Morgan fingerprint density at radius 2 is 0.439 bits per heavy atom. The van der Waals surface area contributed by atoms with E-state index in [4.69, 9.17) is 0 Å². The molecule has 12 nitrogen and oxygen atoms in total. The summed E-state index contributed by atoms with van der Waals surface area (Å²) < 4.78 is 0. The molecular weight excluding hydrogens is 1320 g/mol. The highest BCUT2D eigenvalue weighted by Crippen LogP contribution is 2.25. The van der Waals surface area contributed by atoms with Gasteiger partial charge in [-0.1, -0.05) is 199 Å². The molecule has 8 rings (SSSR count). The first-order chi connectivity index (χ1) is 47.7. The molecule has 4 N–H and O–H groups in total. The van der Waals surface area contributed by atoms with E-state index in [9.17, 15) is 19.2 Å². The van der Waals surface area contributed by atoms with Crippen molar-refractivity contribution in [1.82, 2.24) is 40.9 Å². The van der Waals surface area contributed by atoms with Gasteiger partial charge in [0.05, 0.1) is 0 Å². The zero-order valence-electron chi connectivity index (χ0n) is 65.1.